The molecule has 0 atom stereocenters. The lowest BCUT2D eigenvalue weighted by atomic mass is 9.85. The summed E-state index contributed by atoms with van der Waals surface area (Å²) in [6.07, 6.45) is 2.18. The predicted molar refractivity (Wildman–Crippen MR) is 206 cm³/mol. The Labute approximate surface area is 284 Å². The fourth-order valence-corrected chi connectivity index (χ4v) is 8.45. The highest BCUT2D eigenvalue weighted by atomic mass is 32.1. The van der Waals surface area contributed by atoms with Crippen molar-refractivity contribution in [3.63, 3.8) is 0 Å². The molecule has 0 radical (unpaired) electrons. The second-order valence-corrected chi connectivity index (χ2v) is 13.0. The molecule has 1 nitrogen and oxygen atoms in total. The normalized spacial score (nSPS) is 11.3. The van der Waals surface area contributed by atoms with Gasteiger partial charge in [-0.1, -0.05) is 170 Å². The number of aromatic amines is 1. The lowest BCUT2D eigenvalue weighted by Gasteiger charge is -2.19. The maximum atomic E-state index is 3.80. The highest BCUT2D eigenvalue weighted by Crippen LogP contribution is 2.52. The first-order valence-corrected chi connectivity index (χ1v) is 17.2. The number of H-pyrrole nitrogens is 1. The van der Waals surface area contributed by atoms with Crippen molar-refractivity contribution in [3.05, 3.63) is 181 Å². The van der Waals surface area contributed by atoms with E-state index < -0.39 is 0 Å². The van der Waals surface area contributed by atoms with Crippen molar-refractivity contribution in [1.82, 2.24) is 4.98 Å². The van der Waals surface area contributed by atoms with Gasteiger partial charge in [-0.2, -0.15) is 0 Å². The quantitative estimate of drug-likeness (QED) is 0.176. The monoisotopic (exact) mass is 629 g/mol. The molecule has 0 saturated carbocycles. The minimum atomic E-state index is 1.14. The Kier molecular flexibility index (Phi) is 7.07. The van der Waals surface area contributed by atoms with Gasteiger partial charge < -0.3 is 4.98 Å². The zero-order valence-electron chi connectivity index (χ0n) is 26.2. The summed E-state index contributed by atoms with van der Waals surface area (Å²) in [4.78, 5) is 5.09. The van der Waals surface area contributed by atoms with Gasteiger partial charge in [0.25, 0.3) is 0 Å². The van der Waals surface area contributed by atoms with Crippen molar-refractivity contribution in [2.45, 2.75) is 0 Å². The standard InChI is InChI=1S/C46H31NS/c1-5-17-31(18-6-1)39-29-47-45(41(39)33-21-9-3-10-22-33)43-35-25-13-15-27-37(35)44(38-28-16-14-26-36(38)43)46-42(34-23-11-4-12-24-34)40(30-48-46)32-19-7-2-8-20-32/h1-30,47H. The van der Waals surface area contributed by atoms with E-state index in [-0.39, 0.29) is 0 Å². The maximum Gasteiger partial charge on any atom is 0.0552 e. The largest absolute Gasteiger partial charge is 0.360 e. The molecule has 9 aromatic rings. The SMILES string of the molecule is c1ccc(-c2c[nH]c(-c3c4ccccc4c(-c4scc(-c5ccccc5)c4-c4ccccc4)c4ccccc34)c2-c2ccccc2)cc1. The van der Waals surface area contributed by atoms with Crippen LogP contribution in [-0.2, 0) is 0 Å². The molecule has 0 aliphatic heterocycles. The minimum Gasteiger partial charge on any atom is -0.360 e. The van der Waals surface area contributed by atoms with Crippen molar-refractivity contribution in [1.29, 1.82) is 0 Å². The van der Waals surface area contributed by atoms with Gasteiger partial charge in [0.15, 0.2) is 0 Å². The van der Waals surface area contributed by atoms with Crippen LogP contribution in [0.1, 0.15) is 0 Å². The molecule has 7 aromatic carbocycles. The molecule has 2 heterocycles. The summed E-state index contributed by atoms with van der Waals surface area (Å²) >= 11 is 1.84. The smallest absolute Gasteiger partial charge is 0.0552 e. The third-order valence-corrected chi connectivity index (χ3v) is 10.4. The Bertz CT molecular complexity index is 2290. The van der Waals surface area contributed by atoms with E-state index >= 15 is 0 Å². The number of hydrogen-bond acceptors (Lipinski definition) is 1. The van der Waals surface area contributed by atoms with E-state index in [1.54, 1.807) is 0 Å². The Hall–Kier alpha value is -5.96. The number of benzene rings is 7. The number of aromatic nitrogens is 1. The molecule has 48 heavy (non-hydrogen) atoms. The molecule has 1 N–H and O–H groups in total. The zero-order chi connectivity index (χ0) is 31.9. The predicted octanol–water partition coefficient (Wildman–Crippen LogP) is 13.4. The zero-order valence-corrected chi connectivity index (χ0v) is 27.0. The molecular formula is C46H31NS. The Morgan fingerprint density at radius 2 is 0.729 bits per heavy atom. The fraction of sp³-hybridized carbons (Fsp3) is 0. The van der Waals surface area contributed by atoms with Gasteiger partial charge in [0.2, 0.25) is 0 Å². The van der Waals surface area contributed by atoms with Crippen LogP contribution in [0.3, 0.4) is 0 Å². The average molecular weight is 630 g/mol. The van der Waals surface area contributed by atoms with Crippen molar-refractivity contribution >= 4 is 32.9 Å². The lowest BCUT2D eigenvalue weighted by molar-refractivity contribution is 1.41. The number of thiophene rings is 1. The van der Waals surface area contributed by atoms with Gasteiger partial charge in [0.05, 0.1) is 5.69 Å². The minimum absolute atomic E-state index is 1.14. The molecule has 0 bridgehead atoms. The third kappa shape index (κ3) is 4.69. The van der Waals surface area contributed by atoms with Gasteiger partial charge in [-0.25, -0.2) is 0 Å². The van der Waals surface area contributed by atoms with Crippen LogP contribution in [0.4, 0.5) is 0 Å². The van der Waals surface area contributed by atoms with Crippen LogP contribution in [0, 0.1) is 0 Å². The summed E-state index contributed by atoms with van der Waals surface area (Å²) in [5, 5.41) is 7.31. The number of hydrogen-bond donors (Lipinski definition) is 1. The van der Waals surface area contributed by atoms with E-state index in [2.05, 4.69) is 186 Å². The van der Waals surface area contributed by atoms with E-state index in [4.69, 9.17) is 0 Å². The summed E-state index contributed by atoms with van der Waals surface area (Å²) in [5.41, 5.74) is 13.5. The molecule has 0 saturated heterocycles. The second-order valence-electron chi connectivity index (χ2n) is 12.1. The van der Waals surface area contributed by atoms with E-state index in [0.717, 1.165) is 5.69 Å². The summed E-state index contributed by atoms with van der Waals surface area (Å²) in [6, 6.07) is 61.1. The summed E-state index contributed by atoms with van der Waals surface area (Å²) < 4.78 is 0. The van der Waals surface area contributed by atoms with Crippen LogP contribution in [0.2, 0.25) is 0 Å². The first-order valence-electron chi connectivity index (χ1n) is 16.4. The molecular weight excluding hydrogens is 599 g/mol. The molecule has 226 valence electrons. The van der Waals surface area contributed by atoms with Crippen molar-refractivity contribution < 1.29 is 0 Å². The van der Waals surface area contributed by atoms with E-state index in [9.17, 15) is 0 Å². The molecule has 0 unspecified atom stereocenters. The molecule has 0 amide bonds. The van der Waals surface area contributed by atoms with Crippen LogP contribution in [0.25, 0.3) is 87.8 Å². The fourth-order valence-electron chi connectivity index (χ4n) is 7.28. The number of rotatable bonds is 6. The summed E-state index contributed by atoms with van der Waals surface area (Å²) in [6.45, 7) is 0. The van der Waals surface area contributed by atoms with Crippen LogP contribution in [-0.4, -0.2) is 4.98 Å². The highest BCUT2D eigenvalue weighted by molar-refractivity contribution is 7.15. The van der Waals surface area contributed by atoms with E-state index in [0.29, 0.717) is 0 Å². The number of fused-ring (bicyclic) bond motifs is 2. The van der Waals surface area contributed by atoms with E-state index in [1.807, 2.05) is 11.3 Å². The number of nitrogens with one attached hydrogen (secondary N) is 1. The Morgan fingerprint density at radius 1 is 0.333 bits per heavy atom. The molecule has 0 spiro atoms. The van der Waals surface area contributed by atoms with Gasteiger partial charge in [-0.3, -0.25) is 0 Å². The van der Waals surface area contributed by atoms with Crippen LogP contribution in [0.5, 0.6) is 0 Å². The van der Waals surface area contributed by atoms with Crippen LogP contribution >= 0.6 is 11.3 Å². The van der Waals surface area contributed by atoms with Crippen LogP contribution < -0.4 is 0 Å². The molecule has 0 aliphatic rings. The first-order chi connectivity index (χ1) is 23.9. The molecule has 0 fully saturated rings. The molecule has 2 aromatic heterocycles. The van der Waals surface area contributed by atoms with Gasteiger partial charge in [-0.05, 0) is 49.2 Å². The van der Waals surface area contributed by atoms with Crippen LogP contribution in [0.15, 0.2) is 181 Å². The first kappa shape index (κ1) is 28.3. The van der Waals surface area contributed by atoms with Gasteiger partial charge in [0, 0.05) is 44.5 Å². The topological polar surface area (TPSA) is 15.8 Å². The molecule has 0 aliphatic carbocycles. The Morgan fingerprint density at radius 3 is 1.23 bits per heavy atom. The van der Waals surface area contributed by atoms with Gasteiger partial charge in [-0.15, -0.1) is 11.3 Å². The second kappa shape index (κ2) is 12.0. The highest BCUT2D eigenvalue weighted by Gasteiger charge is 2.25. The van der Waals surface area contributed by atoms with Gasteiger partial charge >= 0.3 is 0 Å². The van der Waals surface area contributed by atoms with Crippen molar-refractivity contribution in [3.8, 4) is 66.2 Å². The summed E-state index contributed by atoms with van der Waals surface area (Å²) in [7, 11) is 0. The molecule has 9 rings (SSSR count). The Balaban J connectivity index is 1.39. The lowest BCUT2D eigenvalue weighted by Crippen LogP contribution is -1.93. The third-order valence-electron chi connectivity index (χ3n) is 9.37. The van der Waals surface area contributed by atoms with Crippen molar-refractivity contribution in [2.24, 2.45) is 0 Å². The summed E-state index contributed by atoms with van der Waals surface area (Å²) in [5.74, 6) is 0. The average Bonchev–Trinajstić information content (AvgIpc) is 3.81. The maximum absolute atomic E-state index is 3.80. The molecule has 2 heteroatoms. The van der Waals surface area contributed by atoms with E-state index in [1.165, 1.54) is 82.1 Å². The van der Waals surface area contributed by atoms with Gasteiger partial charge in [0.1, 0.15) is 0 Å². The van der Waals surface area contributed by atoms with Crippen molar-refractivity contribution in [2.75, 3.05) is 0 Å².